The Bertz CT molecular complexity index is 1030. The van der Waals surface area contributed by atoms with Gasteiger partial charge in [-0.25, -0.2) is 4.98 Å². The Morgan fingerprint density at radius 1 is 0.970 bits per heavy atom. The number of aromatic nitrogens is 2. The Morgan fingerprint density at radius 2 is 1.64 bits per heavy atom. The maximum atomic E-state index is 12.1. The molecule has 2 aromatic carbocycles. The molecule has 0 spiro atoms. The van der Waals surface area contributed by atoms with Crippen LogP contribution in [-0.4, -0.2) is 38.8 Å². The summed E-state index contributed by atoms with van der Waals surface area (Å²) in [7, 11) is 0. The molecule has 5 nitrogen and oxygen atoms in total. The van der Waals surface area contributed by atoms with Gasteiger partial charge in [0.25, 0.3) is 0 Å². The first kappa shape index (κ1) is 22.2. The van der Waals surface area contributed by atoms with Gasteiger partial charge in [0.15, 0.2) is 0 Å². The van der Waals surface area contributed by atoms with E-state index in [9.17, 15) is 5.11 Å². The highest BCUT2D eigenvalue weighted by molar-refractivity contribution is 5.28. The van der Waals surface area contributed by atoms with Crippen molar-refractivity contribution in [2.75, 3.05) is 13.1 Å². The number of ether oxygens (including phenoxy) is 1. The number of likely N-dealkylation sites (tertiary alicyclic amines) is 1. The van der Waals surface area contributed by atoms with Gasteiger partial charge in [0.1, 0.15) is 17.2 Å². The van der Waals surface area contributed by atoms with Gasteiger partial charge in [0, 0.05) is 50.4 Å². The van der Waals surface area contributed by atoms with Crippen LogP contribution in [-0.2, 0) is 18.7 Å². The molecule has 2 bridgehead atoms. The molecule has 0 radical (unpaired) electrons. The summed E-state index contributed by atoms with van der Waals surface area (Å²) in [5.41, 5.74) is 1.66. The van der Waals surface area contributed by atoms with Crippen LogP contribution < -0.4 is 4.74 Å². The Kier molecular flexibility index (Phi) is 6.26. The van der Waals surface area contributed by atoms with E-state index in [2.05, 4.69) is 58.0 Å². The first-order valence-corrected chi connectivity index (χ1v) is 12.3. The Morgan fingerprint density at radius 3 is 2.30 bits per heavy atom. The zero-order chi connectivity index (χ0) is 22.8. The third-order valence-corrected chi connectivity index (χ3v) is 7.28. The van der Waals surface area contributed by atoms with Gasteiger partial charge in [0.05, 0.1) is 6.10 Å². The molecule has 2 heterocycles. The van der Waals surface area contributed by atoms with Gasteiger partial charge in [-0.2, -0.15) is 0 Å². The number of benzene rings is 2. The van der Waals surface area contributed by atoms with Gasteiger partial charge in [0.2, 0.25) is 0 Å². The summed E-state index contributed by atoms with van der Waals surface area (Å²) in [6.07, 6.45) is 7.32. The normalized spacial score (nSPS) is 25.3. The Hall–Kier alpha value is -2.63. The van der Waals surface area contributed by atoms with Crippen molar-refractivity contribution in [2.45, 2.75) is 57.9 Å². The minimum Gasteiger partial charge on any atom is -0.491 e. The summed E-state index contributed by atoms with van der Waals surface area (Å²) in [5.74, 6) is 2.16. The molecule has 5 rings (SSSR count). The summed E-state index contributed by atoms with van der Waals surface area (Å²) in [5, 5.41) is 12.1. The van der Waals surface area contributed by atoms with Crippen LogP contribution in [0.25, 0.3) is 0 Å². The zero-order valence-electron chi connectivity index (χ0n) is 19.7. The molecule has 2 fully saturated rings. The van der Waals surface area contributed by atoms with E-state index in [0.717, 1.165) is 50.6 Å². The predicted molar refractivity (Wildman–Crippen MR) is 130 cm³/mol. The summed E-state index contributed by atoms with van der Waals surface area (Å²) < 4.78 is 7.94. The van der Waals surface area contributed by atoms with Crippen molar-refractivity contribution in [1.82, 2.24) is 14.5 Å². The van der Waals surface area contributed by atoms with Crippen molar-refractivity contribution in [3.8, 4) is 5.75 Å². The standard InChI is InChI=1S/C28H35N3O2/c1-21(2)33-26-13-11-23(12-14-26)17-30-19-24-9-6-10-25(20-30)28(24,32)27-29-15-16-31(27)18-22-7-4-3-5-8-22/h3-5,7-8,11-16,21,24-25,32H,6,9-10,17-20H2,1-2H3/t24-,25-/m0/s1. The minimum absolute atomic E-state index is 0.185. The maximum Gasteiger partial charge on any atom is 0.141 e. The van der Waals surface area contributed by atoms with Gasteiger partial charge < -0.3 is 14.4 Å². The van der Waals surface area contributed by atoms with Crippen LogP contribution in [0.15, 0.2) is 67.0 Å². The summed E-state index contributed by atoms with van der Waals surface area (Å²) >= 11 is 0. The molecule has 5 heteroatoms. The smallest absolute Gasteiger partial charge is 0.141 e. The third kappa shape index (κ3) is 4.57. The fourth-order valence-electron chi connectivity index (χ4n) is 5.81. The average molecular weight is 446 g/mol. The summed E-state index contributed by atoms with van der Waals surface area (Å²) in [4.78, 5) is 7.23. The number of fused-ring (bicyclic) bond motifs is 2. The average Bonchev–Trinajstić information content (AvgIpc) is 3.25. The second kappa shape index (κ2) is 9.32. The molecule has 1 aliphatic carbocycles. The summed E-state index contributed by atoms with van der Waals surface area (Å²) in [6, 6.07) is 18.9. The number of rotatable bonds is 7. The van der Waals surface area contributed by atoms with Crippen molar-refractivity contribution < 1.29 is 9.84 Å². The van der Waals surface area contributed by atoms with Crippen LogP contribution in [0.5, 0.6) is 5.75 Å². The molecule has 1 saturated heterocycles. The van der Waals surface area contributed by atoms with Crippen LogP contribution in [0.4, 0.5) is 0 Å². The number of hydrogen-bond donors (Lipinski definition) is 1. The highest BCUT2D eigenvalue weighted by atomic mass is 16.5. The van der Waals surface area contributed by atoms with Crippen LogP contribution in [0.2, 0.25) is 0 Å². The largest absolute Gasteiger partial charge is 0.491 e. The predicted octanol–water partition coefficient (Wildman–Crippen LogP) is 4.84. The molecule has 1 aromatic heterocycles. The van der Waals surface area contributed by atoms with Crippen molar-refractivity contribution in [3.63, 3.8) is 0 Å². The lowest BCUT2D eigenvalue weighted by Crippen LogP contribution is -2.58. The molecule has 0 amide bonds. The van der Waals surface area contributed by atoms with Gasteiger partial charge in [-0.3, -0.25) is 4.90 Å². The molecule has 1 N–H and O–H groups in total. The molecular weight excluding hydrogens is 410 g/mol. The van der Waals surface area contributed by atoms with Crippen LogP contribution in [0.3, 0.4) is 0 Å². The van der Waals surface area contributed by atoms with Crippen LogP contribution >= 0.6 is 0 Å². The van der Waals surface area contributed by atoms with Crippen molar-refractivity contribution in [1.29, 1.82) is 0 Å². The van der Waals surface area contributed by atoms with Gasteiger partial charge >= 0.3 is 0 Å². The lowest BCUT2D eigenvalue weighted by Gasteiger charge is -2.52. The lowest BCUT2D eigenvalue weighted by molar-refractivity contribution is -0.155. The number of aliphatic hydroxyl groups is 1. The van der Waals surface area contributed by atoms with E-state index in [1.165, 1.54) is 17.5 Å². The minimum atomic E-state index is -0.859. The first-order valence-electron chi connectivity index (χ1n) is 12.3. The third-order valence-electron chi connectivity index (χ3n) is 7.28. The van der Waals surface area contributed by atoms with E-state index in [0.29, 0.717) is 0 Å². The molecular formula is C28H35N3O2. The zero-order valence-corrected chi connectivity index (χ0v) is 19.7. The van der Waals surface area contributed by atoms with E-state index in [1.54, 1.807) is 0 Å². The highest BCUT2D eigenvalue weighted by Gasteiger charge is 2.53. The first-order chi connectivity index (χ1) is 16.0. The quantitative estimate of drug-likeness (QED) is 0.566. The van der Waals surface area contributed by atoms with E-state index in [1.807, 2.05) is 32.3 Å². The van der Waals surface area contributed by atoms with Crippen molar-refractivity contribution in [3.05, 3.63) is 83.9 Å². The van der Waals surface area contributed by atoms with Crippen molar-refractivity contribution >= 4 is 0 Å². The number of imidazole rings is 1. The maximum absolute atomic E-state index is 12.1. The second-order valence-corrected chi connectivity index (χ2v) is 10.0. The molecule has 2 aliphatic rings. The fraction of sp³-hybridized carbons (Fsp3) is 0.464. The van der Waals surface area contributed by atoms with E-state index >= 15 is 0 Å². The Labute approximate surface area is 197 Å². The second-order valence-electron chi connectivity index (χ2n) is 10.0. The molecule has 3 aromatic rings. The van der Waals surface area contributed by atoms with E-state index in [-0.39, 0.29) is 17.9 Å². The molecule has 0 unspecified atom stereocenters. The fourth-order valence-corrected chi connectivity index (χ4v) is 5.81. The number of piperidine rings is 1. The lowest BCUT2D eigenvalue weighted by atomic mass is 9.65. The molecule has 33 heavy (non-hydrogen) atoms. The monoisotopic (exact) mass is 445 g/mol. The van der Waals surface area contributed by atoms with Crippen LogP contribution in [0.1, 0.15) is 50.1 Å². The molecule has 1 saturated carbocycles. The van der Waals surface area contributed by atoms with Crippen LogP contribution in [0, 0.1) is 11.8 Å². The van der Waals surface area contributed by atoms with E-state index < -0.39 is 5.60 Å². The van der Waals surface area contributed by atoms with Gasteiger partial charge in [-0.15, -0.1) is 0 Å². The SMILES string of the molecule is CC(C)Oc1ccc(CN2C[C@@H]3CCC[C@@H](C2)C3(O)c2nccn2Cc2ccccc2)cc1. The molecule has 2 atom stereocenters. The number of nitrogens with zero attached hydrogens (tertiary/aromatic N) is 3. The Balaban J connectivity index is 1.32. The summed E-state index contributed by atoms with van der Waals surface area (Å²) in [6.45, 7) is 7.54. The topological polar surface area (TPSA) is 50.5 Å². The molecule has 174 valence electrons. The van der Waals surface area contributed by atoms with Gasteiger partial charge in [-0.1, -0.05) is 48.9 Å². The number of hydrogen-bond acceptors (Lipinski definition) is 4. The van der Waals surface area contributed by atoms with E-state index in [4.69, 9.17) is 9.72 Å². The van der Waals surface area contributed by atoms with Crippen molar-refractivity contribution in [2.24, 2.45) is 11.8 Å². The molecule has 1 aliphatic heterocycles. The highest BCUT2D eigenvalue weighted by Crippen LogP contribution is 2.49. The van der Waals surface area contributed by atoms with Gasteiger partial charge in [-0.05, 0) is 49.9 Å².